The number of benzene rings is 2. The molecule has 0 unspecified atom stereocenters. The van der Waals surface area contributed by atoms with Crippen LogP contribution in [-0.2, 0) is 14.3 Å². The topological polar surface area (TPSA) is 98.4 Å². The zero-order chi connectivity index (χ0) is 25.7. The maximum absolute atomic E-state index is 13.0. The van der Waals surface area contributed by atoms with Crippen molar-refractivity contribution in [3.8, 4) is 11.3 Å². The van der Waals surface area contributed by atoms with Gasteiger partial charge in [0.25, 0.3) is 5.91 Å². The van der Waals surface area contributed by atoms with Gasteiger partial charge in [0.2, 0.25) is 0 Å². The van der Waals surface area contributed by atoms with Crippen LogP contribution >= 0.6 is 11.8 Å². The third kappa shape index (κ3) is 5.41. The molecule has 0 N–H and O–H groups in total. The van der Waals surface area contributed by atoms with Gasteiger partial charge in [-0.3, -0.25) is 9.69 Å². The molecule has 1 fully saturated rings. The second kappa shape index (κ2) is 11.1. The van der Waals surface area contributed by atoms with Crippen molar-refractivity contribution in [2.24, 2.45) is 4.99 Å². The van der Waals surface area contributed by atoms with Crippen molar-refractivity contribution in [2.75, 3.05) is 20.3 Å². The van der Waals surface area contributed by atoms with Crippen LogP contribution in [0, 0.1) is 0 Å². The normalized spacial score (nSPS) is 15.5. The maximum atomic E-state index is 13.0. The molecule has 0 spiro atoms. The fourth-order valence-electron chi connectivity index (χ4n) is 3.50. The highest BCUT2D eigenvalue weighted by molar-refractivity contribution is 8.18. The van der Waals surface area contributed by atoms with Gasteiger partial charge >= 0.3 is 11.9 Å². The van der Waals surface area contributed by atoms with Gasteiger partial charge < -0.3 is 13.9 Å². The van der Waals surface area contributed by atoms with Gasteiger partial charge in [-0.1, -0.05) is 12.1 Å². The molecule has 2 aromatic carbocycles. The van der Waals surface area contributed by atoms with Gasteiger partial charge in [0.05, 0.1) is 35.4 Å². The highest BCUT2D eigenvalue weighted by Gasteiger charge is 2.32. The van der Waals surface area contributed by atoms with E-state index >= 15 is 0 Å². The fourth-order valence-corrected chi connectivity index (χ4v) is 4.54. The minimum Gasteiger partial charge on any atom is -0.465 e. The van der Waals surface area contributed by atoms with E-state index in [0.717, 1.165) is 5.56 Å². The molecule has 0 atom stereocenters. The van der Waals surface area contributed by atoms with Gasteiger partial charge in [-0.05, 0) is 74.1 Å². The first-order valence-corrected chi connectivity index (χ1v) is 12.1. The Morgan fingerprint density at radius 1 is 1.03 bits per heavy atom. The summed E-state index contributed by atoms with van der Waals surface area (Å²) < 4.78 is 15.7. The number of aliphatic imine (C=N–C) groups is 1. The number of rotatable bonds is 7. The summed E-state index contributed by atoms with van der Waals surface area (Å²) in [6.45, 7) is 4.38. The Morgan fingerprint density at radius 3 is 2.50 bits per heavy atom. The molecular weight excluding hydrogens is 480 g/mol. The SMILES string of the molecule is CCOC(=O)c1cccc(-c2ccc(/C=C3/SC(=Nc4ccc(C(=O)OC)cc4)N(CC)C3=O)o2)c1. The molecule has 1 aliphatic heterocycles. The highest BCUT2D eigenvalue weighted by Crippen LogP contribution is 2.35. The lowest BCUT2D eigenvalue weighted by atomic mass is 10.1. The van der Waals surface area contributed by atoms with Crippen LogP contribution in [0.4, 0.5) is 5.69 Å². The number of carbonyl (C=O) groups excluding carboxylic acids is 3. The molecule has 0 bridgehead atoms. The minimum absolute atomic E-state index is 0.172. The van der Waals surface area contributed by atoms with Crippen molar-refractivity contribution < 1.29 is 28.3 Å². The average Bonchev–Trinajstić information content (AvgIpc) is 3.48. The van der Waals surface area contributed by atoms with Crippen LogP contribution in [-0.4, -0.2) is 48.2 Å². The Labute approximate surface area is 212 Å². The van der Waals surface area contributed by atoms with E-state index in [4.69, 9.17) is 13.9 Å². The van der Waals surface area contributed by atoms with Crippen LogP contribution in [0.5, 0.6) is 0 Å². The van der Waals surface area contributed by atoms with Gasteiger partial charge in [-0.25, -0.2) is 14.6 Å². The Bertz CT molecular complexity index is 1360. The molecule has 3 aromatic rings. The monoisotopic (exact) mass is 504 g/mol. The summed E-state index contributed by atoms with van der Waals surface area (Å²) in [6, 6.07) is 17.2. The first kappa shape index (κ1) is 25.0. The number of thioether (sulfide) groups is 1. The number of likely N-dealkylation sites (N-methyl/N-ethyl adjacent to an activating group) is 1. The van der Waals surface area contributed by atoms with Crippen LogP contribution in [0.25, 0.3) is 17.4 Å². The number of amidine groups is 1. The average molecular weight is 505 g/mol. The van der Waals surface area contributed by atoms with E-state index in [0.29, 0.717) is 51.6 Å². The number of hydrogen-bond donors (Lipinski definition) is 0. The highest BCUT2D eigenvalue weighted by atomic mass is 32.2. The summed E-state index contributed by atoms with van der Waals surface area (Å²) in [5.41, 5.74) is 2.19. The molecule has 9 heteroatoms. The van der Waals surface area contributed by atoms with Crippen molar-refractivity contribution in [3.63, 3.8) is 0 Å². The molecule has 0 radical (unpaired) electrons. The second-order valence-corrected chi connectivity index (χ2v) is 8.61. The summed E-state index contributed by atoms with van der Waals surface area (Å²) >= 11 is 1.25. The largest absolute Gasteiger partial charge is 0.465 e. The molecule has 1 amide bonds. The van der Waals surface area contributed by atoms with Crippen molar-refractivity contribution in [3.05, 3.63) is 82.5 Å². The molecule has 1 saturated heterocycles. The van der Waals surface area contributed by atoms with Crippen molar-refractivity contribution in [1.29, 1.82) is 0 Å². The lowest BCUT2D eigenvalue weighted by Crippen LogP contribution is -2.28. The summed E-state index contributed by atoms with van der Waals surface area (Å²) in [5.74, 6) is 0.0743. The summed E-state index contributed by atoms with van der Waals surface area (Å²) in [7, 11) is 1.33. The molecular formula is C27H24N2O6S. The van der Waals surface area contributed by atoms with E-state index in [1.807, 2.05) is 13.0 Å². The maximum Gasteiger partial charge on any atom is 0.338 e. The summed E-state index contributed by atoms with van der Waals surface area (Å²) in [4.78, 5) is 43.3. The van der Waals surface area contributed by atoms with Crippen LogP contribution < -0.4 is 0 Å². The lowest BCUT2D eigenvalue weighted by molar-refractivity contribution is -0.122. The predicted octanol–water partition coefficient (Wildman–Crippen LogP) is 5.53. The van der Waals surface area contributed by atoms with Gasteiger partial charge in [0.1, 0.15) is 11.5 Å². The molecule has 4 rings (SSSR count). The van der Waals surface area contributed by atoms with Crippen molar-refractivity contribution >= 4 is 46.5 Å². The summed E-state index contributed by atoms with van der Waals surface area (Å²) in [5, 5.41) is 0.536. The number of methoxy groups -OCH3 is 1. The van der Waals surface area contributed by atoms with Gasteiger partial charge in [-0.2, -0.15) is 0 Å². The third-order valence-corrected chi connectivity index (χ3v) is 6.28. The molecule has 0 aliphatic carbocycles. The molecule has 1 aromatic heterocycles. The molecule has 36 heavy (non-hydrogen) atoms. The smallest absolute Gasteiger partial charge is 0.338 e. The molecule has 1 aliphatic rings. The molecule has 184 valence electrons. The zero-order valence-electron chi connectivity index (χ0n) is 20.0. The fraction of sp³-hybridized carbons (Fsp3) is 0.185. The standard InChI is InChI=1S/C27H24N2O6S/c1-4-29-24(30)23(36-27(29)28-20-11-9-17(10-12-20)25(31)33-3)16-21-13-14-22(35-21)18-7-6-8-19(15-18)26(32)34-5-2/h6-16H,4-5H2,1-3H3/b23-16+,28-27?. The number of esters is 2. The Balaban J connectivity index is 1.55. The predicted molar refractivity (Wildman–Crippen MR) is 138 cm³/mol. The van der Waals surface area contributed by atoms with Crippen molar-refractivity contribution in [1.82, 2.24) is 4.90 Å². The van der Waals surface area contributed by atoms with Gasteiger partial charge in [0, 0.05) is 18.2 Å². The van der Waals surface area contributed by atoms with Crippen LogP contribution in [0.2, 0.25) is 0 Å². The third-order valence-electron chi connectivity index (χ3n) is 5.28. The Hall–Kier alpha value is -4.11. The van der Waals surface area contributed by atoms with Gasteiger partial charge in [0.15, 0.2) is 5.17 Å². The second-order valence-electron chi connectivity index (χ2n) is 7.60. The number of nitrogens with zero attached hydrogens (tertiary/aromatic N) is 2. The van der Waals surface area contributed by atoms with E-state index in [1.54, 1.807) is 72.5 Å². The van der Waals surface area contributed by atoms with Crippen molar-refractivity contribution in [2.45, 2.75) is 13.8 Å². The van der Waals surface area contributed by atoms with E-state index < -0.39 is 11.9 Å². The van der Waals surface area contributed by atoms with Gasteiger partial charge in [-0.15, -0.1) is 0 Å². The number of furan rings is 1. The molecule has 2 heterocycles. The first-order chi connectivity index (χ1) is 17.4. The number of hydrogen-bond acceptors (Lipinski definition) is 8. The van der Waals surface area contributed by atoms with E-state index in [2.05, 4.69) is 4.99 Å². The van der Waals surface area contributed by atoms with E-state index in [1.165, 1.54) is 18.9 Å². The number of carbonyl (C=O) groups is 3. The van der Waals surface area contributed by atoms with E-state index in [-0.39, 0.29) is 5.91 Å². The lowest BCUT2D eigenvalue weighted by Gasteiger charge is -2.12. The zero-order valence-corrected chi connectivity index (χ0v) is 20.8. The first-order valence-electron chi connectivity index (χ1n) is 11.3. The summed E-state index contributed by atoms with van der Waals surface area (Å²) in [6.07, 6.45) is 1.68. The molecule has 8 nitrogen and oxygen atoms in total. The number of ether oxygens (including phenoxy) is 2. The van der Waals surface area contributed by atoms with Crippen LogP contribution in [0.1, 0.15) is 40.3 Å². The molecule has 0 saturated carbocycles. The Kier molecular flexibility index (Phi) is 7.70. The number of amides is 1. The van der Waals surface area contributed by atoms with Crippen LogP contribution in [0.3, 0.4) is 0 Å². The van der Waals surface area contributed by atoms with Crippen LogP contribution in [0.15, 0.2) is 75.0 Å². The minimum atomic E-state index is -0.425. The quantitative estimate of drug-likeness (QED) is 0.308. The van der Waals surface area contributed by atoms with E-state index in [9.17, 15) is 14.4 Å². The Morgan fingerprint density at radius 2 is 1.81 bits per heavy atom.